The fourth-order valence-electron chi connectivity index (χ4n) is 7.16. The van der Waals surface area contributed by atoms with E-state index in [9.17, 15) is 24.3 Å². The molecule has 0 heterocycles. The number of rotatable bonds is 25. The van der Waals surface area contributed by atoms with Crippen molar-refractivity contribution in [3.63, 3.8) is 0 Å². The number of nitrogens with zero attached hydrogens (tertiary/aromatic N) is 2. The van der Waals surface area contributed by atoms with Gasteiger partial charge in [0.1, 0.15) is 23.0 Å². The normalized spacial score (nSPS) is 10.2. The monoisotopic (exact) mass is 1060 g/mol. The quantitative estimate of drug-likeness (QED) is 0.0237. The number of aryl methyl sites for hydroxylation is 2. The van der Waals surface area contributed by atoms with Crippen LogP contribution in [0.15, 0.2) is 133 Å². The number of hydrogen-bond donors (Lipinski definition) is 2. The van der Waals surface area contributed by atoms with Crippen molar-refractivity contribution in [2.75, 3.05) is 38.2 Å². The average molecular weight is 1060 g/mol. The maximum Gasteiger partial charge on any atom is 0.343 e. The number of nitriles is 2. The summed E-state index contributed by atoms with van der Waals surface area (Å²) in [5, 5.41) is 35.8. The average Bonchev–Trinajstić information content (AvgIpc) is 3.41. The summed E-state index contributed by atoms with van der Waals surface area (Å²) in [4.78, 5) is 45.6. The lowest BCUT2D eigenvalue weighted by atomic mass is 9.99. The van der Waals surface area contributed by atoms with Gasteiger partial charge in [0.2, 0.25) is 0 Å². The molecule has 2 N–H and O–H groups in total. The molecular weight excluding hydrogens is 996 g/mol. The highest BCUT2D eigenvalue weighted by atomic mass is 35.5. The van der Waals surface area contributed by atoms with Gasteiger partial charge in [-0.05, 0) is 196 Å². The molecule has 6 aromatic rings. The van der Waals surface area contributed by atoms with E-state index in [1.165, 1.54) is 12.1 Å². The fraction of sp³-hybridized carbons (Fsp3) is 0.300. The zero-order valence-corrected chi connectivity index (χ0v) is 43.7. The lowest BCUT2D eigenvalue weighted by Crippen LogP contribution is -2.08. The van der Waals surface area contributed by atoms with Crippen molar-refractivity contribution in [3.8, 4) is 57.4 Å². The topological polar surface area (TPSA) is 202 Å². The van der Waals surface area contributed by atoms with E-state index in [1.807, 2.05) is 56.3 Å². The predicted molar refractivity (Wildman–Crippen MR) is 290 cm³/mol. The van der Waals surface area contributed by atoms with Crippen LogP contribution in [0.25, 0.3) is 22.3 Å². The Balaban J connectivity index is 0.000000270. The van der Waals surface area contributed by atoms with E-state index in [0.717, 1.165) is 84.7 Å². The lowest BCUT2D eigenvalue weighted by Gasteiger charge is -2.10. The predicted octanol–water partition coefficient (Wildman–Crippen LogP) is 13.6. The Hall–Kier alpha value is -7.84. The third kappa shape index (κ3) is 22.4. The summed E-state index contributed by atoms with van der Waals surface area (Å²) in [5.41, 5.74) is 8.06. The van der Waals surface area contributed by atoms with E-state index < -0.39 is 11.9 Å². The molecule has 0 radical (unpaired) electrons. The molecule has 0 aromatic heterocycles. The van der Waals surface area contributed by atoms with Crippen molar-refractivity contribution in [3.05, 3.63) is 167 Å². The first kappa shape index (κ1) is 59.7. The van der Waals surface area contributed by atoms with Crippen molar-refractivity contribution in [2.24, 2.45) is 0 Å². The third-order valence-corrected chi connectivity index (χ3v) is 11.6. The zero-order chi connectivity index (χ0) is 54.2. The van der Waals surface area contributed by atoms with Crippen molar-refractivity contribution in [1.29, 1.82) is 10.5 Å². The second-order valence-corrected chi connectivity index (χ2v) is 17.7. The molecule has 0 aliphatic heterocycles. The second-order valence-electron chi connectivity index (χ2n) is 16.9. The van der Waals surface area contributed by atoms with Crippen LogP contribution in [-0.2, 0) is 19.1 Å². The van der Waals surface area contributed by atoms with E-state index in [2.05, 4.69) is 12.1 Å². The highest BCUT2D eigenvalue weighted by Crippen LogP contribution is 2.29. The maximum absolute atomic E-state index is 12.6. The van der Waals surface area contributed by atoms with Gasteiger partial charge in [-0.2, -0.15) is 10.5 Å². The number of ether oxygens (including phenoxy) is 5. The first-order valence-electron chi connectivity index (χ1n) is 24.6. The number of halogens is 2. The minimum Gasteiger partial charge on any atom is -0.508 e. The van der Waals surface area contributed by atoms with Crippen molar-refractivity contribution in [1.82, 2.24) is 0 Å². The van der Waals surface area contributed by atoms with Gasteiger partial charge in [0.25, 0.3) is 0 Å². The molecule has 6 rings (SSSR count). The van der Waals surface area contributed by atoms with Gasteiger partial charge in [0.15, 0.2) is 0 Å². The molecule has 0 atom stereocenters. The molecule has 0 saturated heterocycles. The van der Waals surface area contributed by atoms with Gasteiger partial charge in [-0.3, -0.25) is 9.59 Å². The van der Waals surface area contributed by atoms with E-state index in [0.29, 0.717) is 66.2 Å². The van der Waals surface area contributed by atoms with Crippen molar-refractivity contribution >= 4 is 47.1 Å². The van der Waals surface area contributed by atoms with Gasteiger partial charge in [0.05, 0.1) is 73.7 Å². The number of esters is 3. The van der Waals surface area contributed by atoms with Crippen LogP contribution < -0.4 is 14.2 Å². The molecule has 75 heavy (non-hydrogen) atoms. The van der Waals surface area contributed by atoms with E-state index in [-0.39, 0.29) is 42.0 Å². The number of alkyl halides is 2. The lowest BCUT2D eigenvalue weighted by molar-refractivity contribution is -0.144. The summed E-state index contributed by atoms with van der Waals surface area (Å²) < 4.78 is 26.9. The SMILES string of the molecule is Cc1cc(O)ccc1-c1ccc(C#N)cc1.Cc1cc(OC(=O)c2ccc(OCCCCCCOC(=O)CCCl)cc2)ccc1-c1ccc(C#N)cc1.O=C(CCCl)OCCCCCCOc1ccc(C(=O)O)cc1. The second kappa shape index (κ2) is 33.8. The summed E-state index contributed by atoms with van der Waals surface area (Å²) in [5.74, 6) is 0.791. The molecule has 6 aromatic carbocycles. The Morgan fingerprint density at radius 2 is 0.893 bits per heavy atom. The molecule has 0 unspecified atom stereocenters. The number of phenols is 1. The van der Waals surface area contributed by atoms with Gasteiger partial charge in [-0.1, -0.05) is 36.4 Å². The number of carboxylic acids is 1. The van der Waals surface area contributed by atoms with Crippen LogP contribution >= 0.6 is 23.2 Å². The van der Waals surface area contributed by atoms with Crippen LogP contribution in [0.4, 0.5) is 0 Å². The summed E-state index contributed by atoms with van der Waals surface area (Å²) in [6.45, 7) is 5.92. The van der Waals surface area contributed by atoms with Gasteiger partial charge < -0.3 is 33.9 Å². The molecule has 0 aliphatic rings. The molecule has 0 amide bonds. The van der Waals surface area contributed by atoms with E-state index >= 15 is 0 Å². The van der Waals surface area contributed by atoms with Crippen molar-refractivity contribution in [2.45, 2.75) is 78.1 Å². The van der Waals surface area contributed by atoms with E-state index in [1.54, 1.807) is 78.9 Å². The Morgan fingerprint density at radius 1 is 0.493 bits per heavy atom. The van der Waals surface area contributed by atoms with Gasteiger partial charge in [-0.15, -0.1) is 23.2 Å². The molecule has 13 nitrogen and oxygen atoms in total. The summed E-state index contributed by atoms with van der Waals surface area (Å²) in [6.07, 6.45) is 7.83. The van der Waals surface area contributed by atoms with Crippen molar-refractivity contribution < 1.29 is 53.1 Å². The first-order valence-corrected chi connectivity index (χ1v) is 25.7. The number of carboxylic acid groups (broad SMARTS) is 1. The summed E-state index contributed by atoms with van der Waals surface area (Å²) in [7, 11) is 0. The van der Waals surface area contributed by atoms with Crippen LogP contribution in [0.1, 0.15) is 107 Å². The minimum absolute atomic E-state index is 0.246. The number of benzene rings is 6. The number of aromatic carboxylic acids is 1. The van der Waals surface area contributed by atoms with Crippen LogP contribution in [0, 0.1) is 36.5 Å². The maximum atomic E-state index is 12.6. The number of unbranched alkanes of at least 4 members (excludes halogenated alkanes) is 6. The molecule has 392 valence electrons. The molecule has 15 heteroatoms. The minimum atomic E-state index is -0.946. The molecule has 0 fully saturated rings. The molecule has 0 saturated carbocycles. The standard InChI is InChI=1S/C30H30ClNO5.C16H21ClO5.C14H11NO/c1-22-20-27(14-15-28(22)24-8-6-23(21-32)7-9-24)37-30(34)25-10-12-26(13-11-25)35-18-4-2-3-5-19-36-29(33)16-17-31;17-10-9-15(18)22-12-4-2-1-3-11-21-14-7-5-13(6-8-14)16(19)20;1-10-8-13(16)6-7-14(10)12-4-2-11(9-15)3-5-12/h6-15,20H,2-5,16-19H2,1H3;5-8H,1-4,9-12H2,(H,19,20);2-8,16H,1H3. The number of hydrogen-bond acceptors (Lipinski definition) is 12. The van der Waals surface area contributed by atoms with Crippen LogP contribution in [0.5, 0.6) is 23.0 Å². The zero-order valence-electron chi connectivity index (χ0n) is 42.2. The van der Waals surface area contributed by atoms with Gasteiger partial charge in [-0.25, -0.2) is 9.59 Å². The largest absolute Gasteiger partial charge is 0.508 e. The molecule has 0 bridgehead atoms. The van der Waals surface area contributed by atoms with Crippen LogP contribution in [0.3, 0.4) is 0 Å². The third-order valence-electron chi connectivity index (χ3n) is 11.2. The number of carbonyl (C=O) groups is 4. The number of phenolic OH excluding ortho intramolecular Hbond substituents is 1. The highest BCUT2D eigenvalue weighted by molar-refractivity contribution is 6.19. The highest BCUT2D eigenvalue weighted by Gasteiger charge is 2.12. The van der Waals surface area contributed by atoms with Gasteiger partial charge in [0, 0.05) is 11.8 Å². The molecular formula is C60H62Cl2N2O11. The number of aromatic hydroxyl groups is 1. The number of carbonyl (C=O) groups excluding carboxylic acids is 3. The Labute approximate surface area is 449 Å². The summed E-state index contributed by atoms with van der Waals surface area (Å²) in [6, 6.07) is 43.0. The molecule has 0 aliphatic carbocycles. The van der Waals surface area contributed by atoms with Crippen LogP contribution in [0.2, 0.25) is 0 Å². The Bertz CT molecular complexity index is 2810. The fourth-order valence-corrected chi connectivity index (χ4v) is 7.47. The Morgan fingerprint density at radius 3 is 1.29 bits per heavy atom. The first-order chi connectivity index (χ1) is 36.3. The smallest absolute Gasteiger partial charge is 0.343 e. The van der Waals surface area contributed by atoms with Crippen LogP contribution in [-0.4, -0.2) is 72.3 Å². The summed E-state index contributed by atoms with van der Waals surface area (Å²) >= 11 is 10.9. The van der Waals surface area contributed by atoms with E-state index in [4.69, 9.17) is 62.5 Å². The Kier molecular flexibility index (Phi) is 26.9. The molecule has 0 spiro atoms. The van der Waals surface area contributed by atoms with Gasteiger partial charge >= 0.3 is 23.9 Å².